The predicted molar refractivity (Wildman–Crippen MR) is 68.2 cm³/mol. The number of aromatic nitrogens is 2. The molecule has 0 radical (unpaired) electrons. The van der Waals surface area contributed by atoms with E-state index in [0.717, 1.165) is 11.4 Å². The van der Waals surface area contributed by atoms with Crippen LogP contribution >= 0.6 is 15.9 Å². The van der Waals surface area contributed by atoms with Crippen molar-refractivity contribution in [3.05, 3.63) is 50.3 Å². The first kappa shape index (κ1) is 11.2. The molecule has 0 N–H and O–H groups in total. The topological polar surface area (TPSA) is 26.9 Å². The second kappa shape index (κ2) is 3.94. The summed E-state index contributed by atoms with van der Waals surface area (Å²) >= 11 is 3.31. The predicted octanol–water partition coefficient (Wildman–Crippen LogP) is 2.56. The Balaban J connectivity index is 2.70. The van der Waals surface area contributed by atoms with Crippen molar-refractivity contribution in [1.29, 1.82) is 0 Å². The Hall–Kier alpha value is -1.29. The summed E-state index contributed by atoms with van der Waals surface area (Å²) in [6.07, 6.45) is 0. The molecule has 0 aliphatic carbocycles. The maximum absolute atomic E-state index is 12.0. The van der Waals surface area contributed by atoms with Gasteiger partial charge in [0.15, 0.2) is 0 Å². The van der Waals surface area contributed by atoms with Crippen LogP contribution in [0.4, 0.5) is 0 Å². The van der Waals surface area contributed by atoms with E-state index in [1.807, 2.05) is 49.8 Å². The van der Waals surface area contributed by atoms with Crippen LogP contribution in [0.3, 0.4) is 0 Å². The van der Waals surface area contributed by atoms with Crippen LogP contribution in [0, 0.1) is 13.8 Å². The fraction of sp³-hybridized carbons (Fsp3) is 0.250. The maximum Gasteiger partial charge on any atom is 0.285 e. The van der Waals surface area contributed by atoms with Crippen LogP contribution in [0.5, 0.6) is 0 Å². The summed E-state index contributed by atoms with van der Waals surface area (Å²) in [5, 5.41) is 0. The van der Waals surface area contributed by atoms with Crippen LogP contribution < -0.4 is 5.56 Å². The van der Waals surface area contributed by atoms with Crippen LogP contribution in [0.25, 0.3) is 5.69 Å². The van der Waals surface area contributed by atoms with Gasteiger partial charge in [-0.3, -0.25) is 9.48 Å². The highest BCUT2D eigenvalue weighted by molar-refractivity contribution is 9.10. The van der Waals surface area contributed by atoms with Crippen LogP contribution in [0.1, 0.15) is 11.3 Å². The number of nitrogens with zero attached hydrogens (tertiary/aromatic N) is 2. The summed E-state index contributed by atoms with van der Waals surface area (Å²) in [7, 11) is 1.88. The van der Waals surface area contributed by atoms with E-state index < -0.39 is 0 Å². The minimum Gasteiger partial charge on any atom is -0.284 e. The molecule has 16 heavy (non-hydrogen) atoms. The van der Waals surface area contributed by atoms with E-state index in [2.05, 4.69) is 15.9 Å². The van der Waals surface area contributed by atoms with E-state index in [1.165, 1.54) is 5.56 Å². The Morgan fingerprint density at radius 1 is 1.12 bits per heavy atom. The van der Waals surface area contributed by atoms with Crippen molar-refractivity contribution >= 4 is 15.9 Å². The van der Waals surface area contributed by atoms with Crippen molar-refractivity contribution in [2.45, 2.75) is 13.8 Å². The molecule has 2 rings (SSSR count). The number of hydrogen-bond acceptors (Lipinski definition) is 1. The molecule has 1 aromatic carbocycles. The third kappa shape index (κ3) is 1.63. The Kier molecular flexibility index (Phi) is 2.76. The van der Waals surface area contributed by atoms with Gasteiger partial charge in [0.2, 0.25) is 0 Å². The van der Waals surface area contributed by atoms with E-state index in [-0.39, 0.29) is 5.56 Å². The third-order valence-corrected chi connectivity index (χ3v) is 3.67. The van der Waals surface area contributed by atoms with Crippen molar-refractivity contribution < 1.29 is 0 Å². The highest BCUT2D eigenvalue weighted by atomic mass is 79.9. The molecular weight excluding hydrogens is 268 g/mol. The average Bonchev–Trinajstić information content (AvgIpc) is 2.46. The van der Waals surface area contributed by atoms with Gasteiger partial charge in [-0.15, -0.1) is 0 Å². The zero-order chi connectivity index (χ0) is 11.9. The number of benzene rings is 1. The van der Waals surface area contributed by atoms with E-state index in [4.69, 9.17) is 0 Å². The normalized spacial score (nSPS) is 10.8. The SMILES string of the molecule is Cc1ccc(-n2c(=O)c(Br)c(C)n2C)cc1. The zero-order valence-corrected chi connectivity index (χ0v) is 11.1. The van der Waals surface area contributed by atoms with Gasteiger partial charge >= 0.3 is 0 Å². The van der Waals surface area contributed by atoms with Gasteiger partial charge in [-0.25, -0.2) is 4.68 Å². The second-order valence-corrected chi connectivity index (χ2v) is 4.67. The molecule has 0 fully saturated rings. The third-order valence-electron chi connectivity index (χ3n) is 2.76. The van der Waals surface area contributed by atoms with Crippen molar-refractivity contribution in [2.75, 3.05) is 0 Å². The summed E-state index contributed by atoms with van der Waals surface area (Å²) in [6, 6.07) is 7.89. The number of rotatable bonds is 1. The van der Waals surface area contributed by atoms with E-state index in [0.29, 0.717) is 4.47 Å². The molecule has 0 unspecified atom stereocenters. The van der Waals surface area contributed by atoms with Crippen molar-refractivity contribution in [3.63, 3.8) is 0 Å². The molecule has 0 spiro atoms. The van der Waals surface area contributed by atoms with Crippen LogP contribution in [-0.4, -0.2) is 9.36 Å². The van der Waals surface area contributed by atoms with Gasteiger partial charge < -0.3 is 0 Å². The minimum atomic E-state index is -0.0242. The van der Waals surface area contributed by atoms with E-state index >= 15 is 0 Å². The summed E-state index contributed by atoms with van der Waals surface area (Å²) in [5.74, 6) is 0. The standard InChI is InChI=1S/C12H13BrN2O/c1-8-4-6-10(7-5-8)15-12(16)11(13)9(2)14(15)3/h4-7H,1-3H3. The first-order chi connectivity index (χ1) is 7.52. The van der Waals surface area contributed by atoms with Crippen molar-refractivity contribution in [1.82, 2.24) is 9.36 Å². The number of halogens is 1. The van der Waals surface area contributed by atoms with Crippen molar-refractivity contribution in [2.24, 2.45) is 7.05 Å². The molecule has 1 aromatic heterocycles. The molecule has 0 aliphatic heterocycles. The fourth-order valence-electron chi connectivity index (χ4n) is 1.65. The summed E-state index contributed by atoms with van der Waals surface area (Å²) in [4.78, 5) is 12.0. The molecule has 0 saturated heterocycles. The first-order valence-electron chi connectivity index (χ1n) is 5.03. The Morgan fingerprint density at radius 2 is 1.69 bits per heavy atom. The average molecular weight is 281 g/mol. The van der Waals surface area contributed by atoms with E-state index in [9.17, 15) is 4.79 Å². The molecule has 0 bridgehead atoms. The Bertz CT molecular complexity index is 578. The fourth-order valence-corrected chi connectivity index (χ4v) is 2.08. The van der Waals surface area contributed by atoms with Crippen LogP contribution in [0.2, 0.25) is 0 Å². The number of hydrogen-bond donors (Lipinski definition) is 0. The number of aryl methyl sites for hydroxylation is 1. The lowest BCUT2D eigenvalue weighted by Crippen LogP contribution is -2.19. The van der Waals surface area contributed by atoms with Gasteiger partial charge in [-0.2, -0.15) is 0 Å². The van der Waals surface area contributed by atoms with Gasteiger partial charge in [0, 0.05) is 7.05 Å². The van der Waals surface area contributed by atoms with Gasteiger partial charge in [0.25, 0.3) is 5.56 Å². The summed E-state index contributed by atoms with van der Waals surface area (Å²) in [5.41, 5.74) is 2.96. The molecule has 0 atom stereocenters. The lowest BCUT2D eigenvalue weighted by Gasteiger charge is -2.08. The molecule has 4 heteroatoms. The maximum atomic E-state index is 12.0. The first-order valence-corrected chi connectivity index (χ1v) is 5.83. The quantitative estimate of drug-likeness (QED) is 0.789. The van der Waals surface area contributed by atoms with Gasteiger partial charge in [-0.1, -0.05) is 17.7 Å². The smallest absolute Gasteiger partial charge is 0.284 e. The Morgan fingerprint density at radius 3 is 2.12 bits per heavy atom. The highest BCUT2D eigenvalue weighted by Crippen LogP contribution is 2.14. The molecule has 84 valence electrons. The largest absolute Gasteiger partial charge is 0.285 e. The lowest BCUT2D eigenvalue weighted by molar-refractivity contribution is 0.630. The van der Waals surface area contributed by atoms with Crippen molar-refractivity contribution in [3.8, 4) is 5.69 Å². The lowest BCUT2D eigenvalue weighted by atomic mass is 10.2. The zero-order valence-electron chi connectivity index (χ0n) is 9.49. The van der Waals surface area contributed by atoms with Crippen LogP contribution in [0.15, 0.2) is 33.5 Å². The molecule has 3 nitrogen and oxygen atoms in total. The van der Waals surface area contributed by atoms with Crippen LogP contribution in [-0.2, 0) is 7.05 Å². The molecule has 0 amide bonds. The Labute approximate surface area is 102 Å². The highest BCUT2D eigenvalue weighted by Gasteiger charge is 2.12. The monoisotopic (exact) mass is 280 g/mol. The van der Waals surface area contributed by atoms with Gasteiger partial charge in [0.05, 0.1) is 11.4 Å². The minimum absolute atomic E-state index is 0.0242. The molecule has 1 heterocycles. The van der Waals surface area contributed by atoms with Gasteiger partial charge in [-0.05, 0) is 41.9 Å². The molecular formula is C12H13BrN2O. The van der Waals surface area contributed by atoms with E-state index in [1.54, 1.807) is 4.68 Å². The molecule has 2 aromatic rings. The molecule has 0 aliphatic rings. The van der Waals surface area contributed by atoms with Gasteiger partial charge in [0.1, 0.15) is 4.47 Å². The second-order valence-electron chi connectivity index (χ2n) is 3.88. The summed E-state index contributed by atoms with van der Waals surface area (Å²) in [6.45, 7) is 3.94. The molecule has 0 saturated carbocycles. The summed E-state index contributed by atoms with van der Waals surface area (Å²) < 4.78 is 4.12.